The number of nitrogens with zero attached hydrogens (tertiary/aromatic N) is 5. The number of rotatable bonds is 8. The van der Waals surface area contributed by atoms with Gasteiger partial charge >= 0.3 is 18.2 Å². The molecule has 1 aromatic carbocycles. The molecule has 14 heteroatoms. The number of alkyl halides is 3. The number of hydrogen-bond donors (Lipinski definition) is 2. The molecule has 3 aromatic rings. The molecule has 208 valence electrons. The third-order valence-electron chi connectivity index (χ3n) is 5.67. The van der Waals surface area contributed by atoms with Crippen molar-refractivity contribution in [3.05, 3.63) is 48.4 Å². The van der Waals surface area contributed by atoms with Gasteiger partial charge in [-0.2, -0.15) is 18.2 Å². The van der Waals surface area contributed by atoms with Crippen LogP contribution in [0, 0.1) is 0 Å². The second-order valence-corrected chi connectivity index (χ2v) is 9.88. The van der Waals surface area contributed by atoms with E-state index in [0.717, 1.165) is 5.69 Å². The molecule has 0 radical (unpaired) electrons. The molecule has 3 heterocycles. The van der Waals surface area contributed by atoms with E-state index in [0.29, 0.717) is 37.3 Å². The molecule has 2 amide bonds. The summed E-state index contributed by atoms with van der Waals surface area (Å²) in [6, 6.07) is 6.79. The zero-order chi connectivity index (χ0) is 28.2. The first-order chi connectivity index (χ1) is 18.4. The van der Waals surface area contributed by atoms with Crippen LogP contribution in [-0.2, 0) is 22.3 Å². The second-order valence-electron chi connectivity index (χ2n) is 9.88. The number of carbonyl (C=O) groups is 2. The Morgan fingerprint density at radius 1 is 1.15 bits per heavy atom. The lowest BCUT2D eigenvalue weighted by Gasteiger charge is -2.37. The number of alkyl carbamates (subject to hydrolysis) is 1. The molecular formula is C25H28F3N7O4. The van der Waals surface area contributed by atoms with E-state index in [-0.39, 0.29) is 23.8 Å². The highest BCUT2D eigenvalue weighted by Crippen LogP contribution is 2.34. The number of fused-ring (bicyclic) bond motifs is 1. The number of unbranched alkanes of at least 4 members (excludes halogenated alkanes) is 1. The average Bonchev–Trinajstić information content (AvgIpc) is 3.36. The predicted octanol–water partition coefficient (Wildman–Crippen LogP) is 4.57. The standard InChI is InChI=1S/C25H28F3N7O4/c1-24(2,3)38-23(37)29-11-7-6-10-18-21(36)32-16-8-4-5-9-17(16)35(18)14-19-30-12-15(13-31-19)20-33-22(39-34-20)25(26,27)28/h4-5,8-9,12-13,18H,6-7,10-11,14H2,1-3H3,(H,29,37)(H,32,36). The smallest absolute Gasteiger partial charge is 0.444 e. The Morgan fingerprint density at radius 2 is 1.87 bits per heavy atom. The normalized spacial score (nSPS) is 15.5. The summed E-state index contributed by atoms with van der Waals surface area (Å²) in [5.74, 6) is -1.58. The molecule has 0 saturated carbocycles. The summed E-state index contributed by atoms with van der Waals surface area (Å²) in [6.45, 7) is 5.93. The first-order valence-corrected chi connectivity index (χ1v) is 12.3. The number of para-hydroxylation sites is 2. The Hall–Kier alpha value is -4.23. The molecule has 1 unspecified atom stereocenters. The molecule has 2 aromatic heterocycles. The Labute approximate surface area is 222 Å². The number of aromatic nitrogens is 4. The van der Waals surface area contributed by atoms with Crippen molar-refractivity contribution in [1.29, 1.82) is 0 Å². The lowest BCUT2D eigenvalue weighted by atomic mass is 10.0. The van der Waals surface area contributed by atoms with Gasteiger partial charge in [0.2, 0.25) is 11.7 Å². The summed E-state index contributed by atoms with van der Waals surface area (Å²) in [5, 5.41) is 8.98. The highest BCUT2D eigenvalue weighted by atomic mass is 19.4. The van der Waals surface area contributed by atoms with E-state index in [9.17, 15) is 22.8 Å². The third-order valence-corrected chi connectivity index (χ3v) is 5.67. The van der Waals surface area contributed by atoms with Crippen LogP contribution in [0.25, 0.3) is 11.4 Å². The van der Waals surface area contributed by atoms with Crippen LogP contribution < -0.4 is 15.5 Å². The topological polar surface area (TPSA) is 135 Å². The molecule has 1 aliphatic rings. The first-order valence-electron chi connectivity index (χ1n) is 12.3. The maximum absolute atomic E-state index is 13.0. The van der Waals surface area contributed by atoms with E-state index in [1.54, 1.807) is 26.8 Å². The van der Waals surface area contributed by atoms with Crippen LogP contribution in [0.4, 0.5) is 29.3 Å². The molecule has 0 fully saturated rings. The van der Waals surface area contributed by atoms with Gasteiger partial charge in [0.1, 0.15) is 17.5 Å². The van der Waals surface area contributed by atoms with Crippen LogP contribution in [0.3, 0.4) is 0 Å². The van der Waals surface area contributed by atoms with E-state index in [2.05, 4.69) is 35.3 Å². The average molecular weight is 548 g/mol. The number of halogens is 3. The Kier molecular flexibility index (Phi) is 8.02. The SMILES string of the molecule is CC(C)(C)OC(=O)NCCCCC1C(=O)Nc2ccccc2N1Cc1ncc(-c2noc(C(F)(F)F)n2)cn1. The van der Waals surface area contributed by atoms with Crippen molar-refractivity contribution in [2.75, 3.05) is 16.8 Å². The summed E-state index contributed by atoms with van der Waals surface area (Å²) in [4.78, 5) is 38.6. The quantitative estimate of drug-likeness (QED) is 0.389. The monoisotopic (exact) mass is 547 g/mol. The molecule has 0 spiro atoms. The van der Waals surface area contributed by atoms with Gasteiger partial charge in [-0.3, -0.25) is 4.79 Å². The van der Waals surface area contributed by atoms with E-state index >= 15 is 0 Å². The Morgan fingerprint density at radius 3 is 2.54 bits per heavy atom. The van der Waals surface area contributed by atoms with E-state index < -0.39 is 29.8 Å². The second kappa shape index (κ2) is 11.3. The number of nitrogens with one attached hydrogen (secondary N) is 2. The van der Waals surface area contributed by atoms with Crippen molar-refractivity contribution in [3.8, 4) is 11.4 Å². The van der Waals surface area contributed by atoms with Gasteiger partial charge in [0, 0.05) is 18.9 Å². The van der Waals surface area contributed by atoms with E-state index in [4.69, 9.17) is 4.74 Å². The van der Waals surface area contributed by atoms with Crippen LogP contribution in [0.15, 0.2) is 41.2 Å². The van der Waals surface area contributed by atoms with Gasteiger partial charge in [0.05, 0.1) is 23.5 Å². The van der Waals surface area contributed by atoms with Gasteiger partial charge in [-0.15, -0.1) is 0 Å². The molecule has 4 rings (SSSR count). The highest BCUT2D eigenvalue weighted by molar-refractivity contribution is 6.03. The van der Waals surface area contributed by atoms with Crippen molar-refractivity contribution in [2.24, 2.45) is 0 Å². The largest absolute Gasteiger partial charge is 0.471 e. The van der Waals surface area contributed by atoms with Crippen molar-refractivity contribution >= 4 is 23.4 Å². The molecular weight excluding hydrogens is 519 g/mol. The van der Waals surface area contributed by atoms with Crippen molar-refractivity contribution in [2.45, 2.75) is 64.4 Å². The number of anilines is 2. The molecule has 11 nitrogen and oxygen atoms in total. The number of hydrogen-bond acceptors (Lipinski definition) is 9. The fourth-order valence-electron chi connectivity index (χ4n) is 3.96. The molecule has 2 N–H and O–H groups in total. The summed E-state index contributed by atoms with van der Waals surface area (Å²) >= 11 is 0. The minimum Gasteiger partial charge on any atom is -0.444 e. The van der Waals surface area contributed by atoms with Crippen LogP contribution >= 0.6 is 0 Å². The number of carbonyl (C=O) groups excluding carboxylic acids is 2. The number of ether oxygens (including phenoxy) is 1. The summed E-state index contributed by atoms with van der Waals surface area (Å²) in [7, 11) is 0. The number of benzene rings is 1. The highest BCUT2D eigenvalue weighted by Gasteiger charge is 2.38. The zero-order valence-electron chi connectivity index (χ0n) is 21.6. The minimum absolute atomic E-state index is 0.156. The molecule has 0 bridgehead atoms. The van der Waals surface area contributed by atoms with E-state index in [1.807, 2.05) is 23.1 Å². The van der Waals surface area contributed by atoms with Gasteiger partial charge in [-0.25, -0.2) is 14.8 Å². The molecule has 1 atom stereocenters. The van der Waals surface area contributed by atoms with Crippen molar-refractivity contribution in [3.63, 3.8) is 0 Å². The fourth-order valence-corrected chi connectivity index (χ4v) is 3.96. The van der Waals surface area contributed by atoms with Crippen LogP contribution in [0.2, 0.25) is 0 Å². The van der Waals surface area contributed by atoms with Gasteiger partial charge in [0.25, 0.3) is 0 Å². The van der Waals surface area contributed by atoms with Gasteiger partial charge in [-0.1, -0.05) is 17.3 Å². The van der Waals surface area contributed by atoms with Crippen LogP contribution in [0.5, 0.6) is 0 Å². The van der Waals surface area contributed by atoms with Gasteiger partial charge in [-0.05, 0) is 52.2 Å². The summed E-state index contributed by atoms with van der Waals surface area (Å²) in [5.41, 5.74) is 1.00. The summed E-state index contributed by atoms with van der Waals surface area (Å²) in [6.07, 6.45) is -0.863. The van der Waals surface area contributed by atoms with Crippen molar-refractivity contribution in [1.82, 2.24) is 25.4 Å². The fraction of sp³-hybridized carbons (Fsp3) is 0.440. The first kappa shape index (κ1) is 27.8. The number of amides is 2. The third kappa shape index (κ3) is 7.21. The van der Waals surface area contributed by atoms with Crippen molar-refractivity contribution < 1.29 is 32.0 Å². The van der Waals surface area contributed by atoms with Gasteiger partial charge in [0.15, 0.2) is 0 Å². The minimum atomic E-state index is -4.75. The van der Waals surface area contributed by atoms with E-state index in [1.165, 1.54) is 12.4 Å². The Balaban J connectivity index is 1.43. The maximum atomic E-state index is 13.0. The molecule has 0 saturated heterocycles. The predicted molar refractivity (Wildman–Crippen MR) is 133 cm³/mol. The van der Waals surface area contributed by atoms with Crippen LogP contribution in [0.1, 0.15) is 51.7 Å². The zero-order valence-corrected chi connectivity index (χ0v) is 21.6. The van der Waals surface area contributed by atoms with Gasteiger partial charge < -0.3 is 24.8 Å². The Bertz CT molecular complexity index is 1310. The van der Waals surface area contributed by atoms with Crippen LogP contribution in [-0.4, -0.2) is 50.3 Å². The molecule has 39 heavy (non-hydrogen) atoms. The lowest BCUT2D eigenvalue weighted by molar-refractivity contribution is -0.159. The summed E-state index contributed by atoms with van der Waals surface area (Å²) < 4.78 is 47.8. The maximum Gasteiger partial charge on any atom is 0.471 e. The lowest BCUT2D eigenvalue weighted by Crippen LogP contribution is -2.48. The molecule has 1 aliphatic heterocycles. The molecule has 0 aliphatic carbocycles.